The standard InChI is InChI=1S/C16H22FNO2/c1-2-3-11-4-6-12(7-5-11)18-13-8-9-14(16(19)20)15(17)10-13/h8-12,18H,2-7H2,1H3,(H,19,20). The van der Waals surface area contributed by atoms with Crippen LogP contribution < -0.4 is 5.32 Å². The summed E-state index contributed by atoms with van der Waals surface area (Å²) in [5.74, 6) is -1.07. The first-order valence-corrected chi connectivity index (χ1v) is 7.39. The van der Waals surface area contributed by atoms with Crippen LogP contribution in [-0.2, 0) is 0 Å². The first-order chi connectivity index (χ1) is 9.60. The monoisotopic (exact) mass is 279 g/mol. The van der Waals surface area contributed by atoms with Crippen molar-refractivity contribution in [2.24, 2.45) is 5.92 Å². The van der Waals surface area contributed by atoms with Crippen LogP contribution in [0.15, 0.2) is 18.2 Å². The van der Waals surface area contributed by atoms with Crippen LogP contribution in [0.5, 0.6) is 0 Å². The molecule has 0 aliphatic heterocycles. The summed E-state index contributed by atoms with van der Waals surface area (Å²) in [4.78, 5) is 10.8. The minimum atomic E-state index is -1.23. The third kappa shape index (κ3) is 3.71. The van der Waals surface area contributed by atoms with Crippen LogP contribution in [-0.4, -0.2) is 17.1 Å². The lowest BCUT2D eigenvalue weighted by molar-refractivity contribution is 0.0692. The van der Waals surface area contributed by atoms with Crippen molar-refractivity contribution >= 4 is 11.7 Å². The second-order valence-electron chi connectivity index (χ2n) is 5.65. The molecule has 2 rings (SSSR count). The van der Waals surface area contributed by atoms with Gasteiger partial charge in [-0.15, -0.1) is 0 Å². The number of benzene rings is 1. The zero-order chi connectivity index (χ0) is 14.5. The van der Waals surface area contributed by atoms with Gasteiger partial charge in [0.05, 0.1) is 5.56 Å². The summed E-state index contributed by atoms with van der Waals surface area (Å²) in [5.41, 5.74) is 0.397. The highest BCUT2D eigenvalue weighted by Crippen LogP contribution is 2.29. The number of carboxylic acids is 1. The number of anilines is 1. The fourth-order valence-corrected chi connectivity index (χ4v) is 3.02. The van der Waals surface area contributed by atoms with Crippen molar-refractivity contribution in [2.45, 2.75) is 51.5 Å². The van der Waals surface area contributed by atoms with Gasteiger partial charge >= 0.3 is 5.97 Å². The van der Waals surface area contributed by atoms with E-state index >= 15 is 0 Å². The molecule has 0 radical (unpaired) electrons. The predicted octanol–water partition coefficient (Wildman–Crippen LogP) is 4.29. The first-order valence-electron chi connectivity index (χ1n) is 7.39. The molecule has 0 atom stereocenters. The number of carbonyl (C=O) groups is 1. The molecule has 4 heteroatoms. The Labute approximate surface area is 119 Å². The van der Waals surface area contributed by atoms with Crippen molar-refractivity contribution in [1.29, 1.82) is 0 Å². The second-order valence-corrected chi connectivity index (χ2v) is 5.65. The summed E-state index contributed by atoms with van der Waals surface area (Å²) < 4.78 is 13.6. The third-order valence-corrected chi connectivity index (χ3v) is 4.11. The molecule has 1 aliphatic rings. The molecule has 1 aromatic rings. The van der Waals surface area contributed by atoms with Crippen molar-refractivity contribution in [1.82, 2.24) is 0 Å². The van der Waals surface area contributed by atoms with Gasteiger partial charge < -0.3 is 10.4 Å². The van der Waals surface area contributed by atoms with Crippen LogP contribution in [0.25, 0.3) is 0 Å². The van der Waals surface area contributed by atoms with Crippen molar-refractivity contribution in [3.63, 3.8) is 0 Å². The highest BCUT2D eigenvalue weighted by Gasteiger charge is 2.20. The molecule has 20 heavy (non-hydrogen) atoms. The Hall–Kier alpha value is -1.58. The average molecular weight is 279 g/mol. The van der Waals surface area contributed by atoms with Crippen LogP contribution in [0.1, 0.15) is 55.8 Å². The molecule has 2 N–H and O–H groups in total. The largest absolute Gasteiger partial charge is 0.478 e. The first kappa shape index (κ1) is 14.8. The number of halogens is 1. The van der Waals surface area contributed by atoms with Crippen LogP contribution in [0.3, 0.4) is 0 Å². The van der Waals surface area contributed by atoms with E-state index in [4.69, 9.17) is 5.11 Å². The number of aromatic carboxylic acids is 1. The molecule has 0 unspecified atom stereocenters. The Morgan fingerprint density at radius 2 is 2.05 bits per heavy atom. The Morgan fingerprint density at radius 3 is 2.60 bits per heavy atom. The normalized spacial score (nSPS) is 22.5. The lowest BCUT2D eigenvalue weighted by atomic mass is 9.83. The molecule has 1 saturated carbocycles. The zero-order valence-electron chi connectivity index (χ0n) is 11.9. The van der Waals surface area contributed by atoms with E-state index in [0.717, 1.165) is 18.8 Å². The van der Waals surface area contributed by atoms with Gasteiger partial charge in [0.25, 0.3) is 0 Å². The minimum Gasteiger partial charge on any atom is -0.478 e. The SMILES string of the molecule is CCCC1CCC(Nc2ccc(C(=O)O)c(F)c2)CC1. The summed E-state index contributed by atoms with van der Waals surface area (Å²) in [6.45, 7) is 2.22. The van der Waals surface area contributed by atoms with Gasteiger partial charge in [-0.3, -0.25) is 0 Å². The molecule has 0 amide bonds. The maximum absolute atomic E-state index is 13.6. The van der Waals surface area contributed by atoms with E-state index in [1.165, 1.54) is 37.8 Å². The van der Waals surface area contributed by atoms with Gasteiger partial charge in [0.1, 0.15) is 5.82 Å². The van der Waals surface area contributed by atoms with Gasteiger partial charge in [0.15, 0.2) is 0 Å². The highest BCUT2D eigenvalue weighted by atomic mass is 19.1. The quantitative estimate of drug-likeness (QED) is 0.845. The van der Waals surface area contributed by atoms with Gasteiger partial charge in [-0.1, -0.05) is 19.8 Å². The Bertz CT molecular complexity index is 468. The van der Waals surface area contributed by atoms with E-state index in [1.807, 2.05) is 0 Å². The van der Waals surface area contributed by atoms with Gasteiger partial charge in [-0.05, 0) is 49.8 Å². The number of hydrogen-bond donors (Lipinski definition) is 2. The molecular weight excluding hydrogens is 257 g/mol. The summed E-state index contributed by atoms with van der Waals surface area (Å²) in [7, 11) is 0. The molecule has 1 aliphatic carbocycles. The Balaban J connectivity index is 1.91. The summed E-state index contributed by atoms with van der Waals surface area (Å²) in [5, 5.41) is 12.1. The van der Waals surface area contributed by atoms with Gasteiger partial charge in [0.2, 0.25) is 0 Å². The highest BCUT2D eigenvalue weighted by molar-refractivity contribution is 5.88. The molecule has 110 valence electrons. The molecule has 3 nitrogen and oxygen atoms in total. The van der Waals surface area contributed by atoms with Gasteiger partial charge in [0, 0.05) is 11.7 Å². The summed E-state index contributed by atoms with van der Waals surface area (Å²) >= 11 is 0. The molecule has 0 saturated heterocycles. The topological polar surface area (TPSA) is 49.3 Å². The summed E-state index contributed by atoms with van der Waals surface area (Å²) in [6.07, 6.45) is 7.20. The fraction of sp³-hybridized carbons (Fsp3) is 0.562. The number of rotatable bonds is 5. The van der Waals surface area contributed by atoms with Crippen molar-refractivity contribution in [3.8, 4) is 0 Å². The maximum Gasteiger partial charge on any atom is 0.338 e. The smallest absolute Gasteiger partial charge is 0.338 e. The molecule has 0 aromatic heterocycles. The van der Waals surface area contributed by atoms with Gasteiger partial charge in [-0.25, -0.2) is 9.18 Å². The van der Waals surface area contributed by atoms with E-state index in [9.17, 15) is 9.18 Å². The van der Waals surface area contributed by atoms with Crippen LogP contribution in [0.2, 0.25) is 0 Å². The number of hydrogen-bond acceptors (Lipinski definition) is 2. The second kappa shape index (κ2) is 6.73. The molecule has 0 bridgehead atoms. The predicted molar refractivity (Wildman–Crippen MR) is 77.6 cm³/mol. The fourth-order valence-electron chi connectivity index (χ4n) is 3.02. The Morgan fingerprint density at radius 1 is 1.35 bits per heavy atom. The van der Waals surface area contributed by atoms with E-state index < -0.39 is 11.8 Å². The van der Waals surface area contributed by atoms with E-state index in [0.29, 0.717) is 11.7 Å². The van der Waals surface area contributed by atoms with Crippen LogP contribution in [0.4, 0.5) is 10.1 Å². The number of nitrogens with one attached hydrogen (secondary N) is 1. The van der Waals surface area contributed by atoms with Crippen molar-refractivity contribution < 1.29 is 14.3 Å². The molecular formula is C16H22FNO2. The molecule has 0 heterocycles. The van der Waals surface area contributed by atoms with E-state index in [1.54, 1.807) is 6.07 Å². The molecule has 1 aromatic carbocycles. The van der Waals surface area contributed by atoms with E-state index in [2.05, 4.69) is 12.2 Å². The van der Waals surface area contributed by atoms with Crippen LogP contribution >= 0.6 is 0 Å². The minimum absolute atomic E-state index is 0.276. The molecule has 0 spiro atoms. The van der Waals surface area contributed by atoms with Crippen LogP contribution in [0, 0.1) is 11.7 Å². The van der Waals surface area contributed by atoms with Crippen molar-refractivity contribution in [3.05, 3.63) is 29.6 Å². The average Bonchev–Trinajstić information content (AvgIpc) is 2.41. The third-order valence-electron chi connectivity index (χ3n) is 4.11. The zero-order valence-corrected chi connectivity index (χ0v) is 11.9. The van der Waals surface area contributed by atoms with Crippen molar-refractivity contribution in [2.75, 3.05) is 5.32 Å². The lowest BCUT2D eigenvalue weighted by Gasteiger charge is -2.29. The van der Waals surface area contributed by atoms with Gasteiger partial charge in [-0.2, -0.15) is 0 Å². The lowest BCUT2D eigenvalue weighted by Crippen LogP contribution is -2.26. The van der Waals surface area contributed by atoms with E-state index in [-0.39, 0.29) is 5.56 Å². The molecule has 1 fully saturated rings. The Kier molecular flexibility index (Phi) is 4.99. The number of carboxylic acid groups (broad SMARTS) is 1. The summed E-state index contributed by atoms with van der Waals surface area (Å²) in [6, 6.07) is 4.62. The maximum atomic E-state index is 13.6.